The highest BCUT2D eigenvalue weighted by Gasteiger charge is 2.25. The summed E-state index contributed by atoms with van der Waals surface area (Å²) < 4.78 is 32.2. The smallest absolute Gasteiger partial charge is 0.262 e. The van der Waals surface area contributed by atoms with Gasteiger partial charge in [-0.25, -0.2) is 8.42 Å². The molecule has 2 aromatic carbocycles. The number of piperidine rings is 1. The maximum atomic E-state index is 12.6. The molecular formula is C21H23N3O4S. The Morgan fingerprint density at radius 3 is 2.31 bits per heavy atom. The van der Waals surface area contributed by atoms with Crippen LogP contribution in [0.4, 0.5) is 5.69 Å². The molecule has 2 aromatic rings. The summed E-state index contributed by atoms with van der Waals surface area (Å²) in [4.78, 5) is 12.3. The van der Waals surface area contributed by atoms with Crippen LogP contribution in [0.15, 0.2) is 53.4 Å². The van der Waals surface area contributed by atoms with Crippen molar-refractivity contribution in [3.63, 3.8) is 0 Å². The molecule has 29 heavy (non-hydrogen) atoms. The molecule has 0 radical (unpaired) electrons. The van der Waals surface area contributed by atoms with Crippen molar-refractivity contribution in [2.75, 3.05) is 25.0 Å². The van der Waals surface area contributed by atoms with Crippen molar-refractivity contribution in [1.29, 1.82) is 5.26 Å². The van der Waals surface area contributed by atoms with Crippen LogP contribution in [-0.4, -0.2) is 38.3 Å². The number of nitriles is 1. The monoisotopic (exact) mass is 413 g/mol. The SMILES string of the molecule is N#CCc1ccc(NC(=O)COc2ccc(S(=O)(=O)N3CCCCC3)cc2)cc1. The van der Waals surface area contributed by atoms with E-state index in [1.807, 2.05) is 0 Å². The first kappa shape index (κ1) is 20.8. The highest BCUT2D eigenvalue weighted by atomic mass is 32.2. The van der Waals surface area contributed by atoms with Gasteiger partial charge in [-0.05, 0) is 54.8 Å². The standard InChI is InChI=1S/C21H23N3O4S/c22-13-12-17-4-6-18(7-5-17)23-21(25)16-28-19-8-10-20(11-9-19)29(26,27)24-14-2-1-3-15-24/h4-11H,1-3,12,14-16H2,(H,23,25). The molecule has 1 amide bonds. The van der Waals surface area contributed by atoms with E-state index < -0.39 is 10.0 Å². The van der Waals surface area contributed by atoms with Crippen molar-refractivity contribution in [2.24, 2.45) is 0 Å². The number of anilines is 1. The summed E-state index contributed by atoms with van der Waals surface area (Å²) in [5.74, 6) is 0.0881. The van der Waals surface area contributed by atoms with Crippen LogP contribution in [0.5, 0.6) is 5.75 Å². The number of carbonyl (C=O) groups excluding carboxylic acids is 1. The normalized spacial score (nSPS) is 14.7. The van der Waals surface area contributed by atoms with Gasteiger partial charge < -0.3 is 10.1 Å². The van der Waals surface area contributed by atoms with Crippen molar-refractivity contribution in [2.45, 2.75) is 30.6 Å². The van der Waals surface area contributed by atoms with Crippen LogP contribution in [-0.2, 0) is 21.2 Å². The second-order valence-corrected chi connectivity index (χ2v) is 8.74. The Hall–Kier alpha value is -2.89. The van der Waals surface area contributed by atoms with E-state index in [0.717, 1.165) is 24.8 Å². The third-order valence-corrected chi connectivity index (χ3v) is 6.58. The number of hydrogen-bond donors (Lipinski definition) is 1. The van der Waals surface area contributed by atoms with Crippen molar-refractivity contribution < 1.29 is 17.9 Å². The lowest BCUT2D eigenvalue weighted by molar-refractivity contribution is -0.118. The lowest BCUT2D eigenvalue weighted by atomic mass is 10.1. The molecule has 1 N–H and O–H groups in total. The van der Waals surface area contributed by atoms with E-state index in [1.54, 1.807) is 36.4 Å². The first-order chi connectivity index (χ1) is 14.0. The lowest BCUT2D eigenvalue weighted by Gasteiger charge is -2.25. The first-order valence-electron chi connectivity index (χ1n) is 9.48. The van der Waals surface area contributed by atoms with Gasteiger partial charge in [0.15, 0.2) is 6.61 Å². The zero-order valence-corrected chi connectivity index (χ0v) is 16.8. The van der Waals surface area contributed by atoms with Gasteiger partial charge in [0.05, 0.1) is 17.4 Å². The number of rotatable bonds is 7. The van der Waals surface area contributed by atoms with Gasteiger partial charge >= 0.3 is 0 Å². The fourth-order valence-corrected chi connectivity index (χ4v) is 4.62. The summed E-state index contributed by atoms with van der Waals surface area (Å²) in [6.07, 6.45) is 3.15. The second kappa shape index (κ2) is 9.54. The molecule has 0 aliphatic carbocycles. The van der Waals surface area contributed by atoms with Gasteiger partial charge in [-0.15, -0.1) is 0 Å². The summed E-state index contributed by atoms with van der Waals surface area (Å²) in [7, 11) is -3.48. The van der Waals surface area contributed by atoms with Crippen molar-refractivity contribution in [3.05, 3.63) is 54.1 Å². The van der Waals surface area contributed by atoms with Crippen molar-refractivity contribution in [3.8, 4) is 11.8 Å². The third-order valence-electron chi connectivity index (χ3n) is 4.67. The lowest BCUT2D eigenvalue weighted by Crippen LogP contribution is -2.35. The van der Waals surface area contributed by atoms with E-state index in [2.05, 4.69) is 11.4 Å². The largest absolute Gasteiger partial charge is 0.484 e. The summed E-state index contributed by atoms with van der Waals surface area (Å²) >= 11 is 0. The molecule has 0 aromatic heterocycles. The second-order valence-electron chi connectivity index (χ2n) is 6.80. The molecule has 0 unspecified atom stereocenters. The number of amides is 1. The highest BCUT2D eigenvalue weighted by molar-refractivity contribution is 7.89. The number of carbonyl (C=O) groups is 1. The molecule has 1 heterocycles. The summed E-state index contributed by atoms with van der Waals surface area (Å²) in [6, 6.07) is 15.2. The molecule has 3 rings (SSSR count). The maximum Gasteiger partial charge on any atom is 0.262 e. The molecule has 0 spiro atoms. The van der Waals surface area contributed by atoms with Crippen LogP contribution >= 0.6 is 0 Å². The molecule has 8 heteroatoms. The highest BCUT2D eigenvalue weighted by Crippen LogP contribution is 2.22. The van der Waals surface area contributed by atoms with Gasteiger partial charge in [-0.2, -0.15) is 9.57 Å². The van der Waals surface area contributed by atoms with E-state index in [4.69, 9.17) is 10.00 Å². The first-order valence-corrected chi connectivity index (χ1v) is 10.9. The van der Waals surface area contributed by atoms with Crippen LogP contribution in [0.1, 0.15) is 24.8 Å². The molecule has 1 aliphatic heterocycles. The average Bonchev–Trinajstić information content (AvgIpc) is 2.75. The van der Waals surface area contributed by atoms with Crippen LogP contribution in [0, 0.1) is 11.3 Å². The zero-order valence-electron chi connectivity index (χ0n) is 16.0. The molecule has 1 aliphatic rings. The minimum absolute atomic E-state index is 0.196. The molecule has 1 fully saturated rings. The molecule has 1 saturated heterocycles. The van der Waals surface area contributed by atoms with Gasteiger partial charge in [0.1, 0.15) is 5.75 Å². The topological polar surface area (TPSA) is 99.5 Å². The minimum atomic E-state index is -3.48. The number of nitrogens with one attached hydrogen (secondary N) is 1. The fourth-order valence-electron chi connectivity index (χ4n) is 3.11. The number of ether oxygens (including phenoxy) is 1. The summed E-state index contributed by atoms with van der Waals surface area (Å²) in [5.41, 5.74) is 1.49. The van der Waals surface area contributed by atoms with Crippen molar-refractivity contribution >= 4 is 21.6 Å². The van der Waals surface area contributed by atoms with E-state index >= 15 is 0 Å². The number of nitrogens with zero attached hydrogens (tertiary/aromatic N) is 2. The minimum Gasteiger partial charge on any atom is -0.484 e. The fraction of sp³-hybridized carbons (Fsp3) is 0.333. The van der Waals surface area contributed by atoms with E-state index in [1.165, 1.54) is 16.4 Å². The van der Waals surface area contributed by atoms with Gasteiger partial charge in [0.25, 0.3) is 5.91 Å². The Labute approximate surface area is 171 Å². The Balaban J connectivity index is 1.53. The van der Waals surface area contributed by atoms with E-state index in [9.17, 15) is 13.2 Å². The number of sulfonamides is 1. The van der Waals surface area contributed by atoms with E-state index in [-0.39, 0.29) is 17.4 Å². The Kier molecular flexibility index (Phi) is 6.86. The van der Waals surface area contributed by atoms with Crippen LogP contribution in [0.2, 0.25) is 0 Å². The maximum absolute atomic E-state index is 12.6. The summed E-state index contributed by atoms with van der Waals surface area (Å²) in [5, 5.41) is 11.4. The number of hydrogen-bond acceptors (Lipinski definition) is 5. The van der Waals surface area contributed by atoms with Gasteiger partial charge in [0.2, 0.25) is 10.0 Å². The number of benzene rings is 2. The quantitative estimate of drug-likeness (QED) is 0.752. The predicted octanol–water partition coefficient (Wildman–Crippen LogP) is 2.94. The van der Waals surface area contributed by atoms with Crippen LogP contribution < -0.4 is 10.1 Å². The average molecular weight is 413 g/mol. The zero-order chi connectivity index (χ0) is 20.7. The van der Waals surface area contributed by atoms with Crippen LogP contribution in [0.3, 0.4) is 0 Å². The Bertz CT molecular complexity index is 974. The van der Waals surface area contributed by atoms with Gasteiger partial charge in [-0.3, -0.25) is 4.79 Å². The van der Waals surface area contributed by atoms with Crippen molar-refractivity contribution in [1.82, 2.24) is 4.31 Å². The molecule has 0 saturated carbocycles. The third kappa shape index (κ3) is 5.56. The molecule has 152 valence electrons. The Morgan fingerprint density at radius 1 is 1.03 bits per heavy atom. The Morgan fingerprint density at radius 2 is 1.69 bits per heavy atom. The van der Waals surface area contributed by atoms with E-state index in [0.29, 0.717) is 30.9 Å². The van der Waals surface area contributed by atoms with Gasteiger partial charge in [0, 0.05) is 18.8 Å². The molecule has 0 bridgehead atoms. The van der Waals surface area contributed by atoms with Gasteiger partial charge in [-0.1, -0.05) is 18.6 Å². The summed E-state index contributed by atoms with van der Waals surface area (Å²) in [6.45, 7) is 0.911. The van der Waals surface area contributed by atoms with Crippen LogP contribution in [0.25, 0.3) is 0 Å². The molecule has 7 nitrogen and oxygen atoms in total. The molecule has 0 atom stereocenters. The predicted molar refractivity (Wildman–Crippen MR) is 109 cm³/mol. The molecular weight excluding hydrogens is 390 g/mol.